The van der Waals surface area contributed by atoms with Crippen molar-refractivity contribution in [2.75, 3.05) is 0 Å². The van der Waals surface area contributed by atoms with Crippen molar-refractivity contribution >= 4 is 12.6 Å². The smallest absolute Gasteiger partial charge is 0.119 e. The highest BCUT2D eigenvalue weighted by Gasteiger charge is 1.86. The number of rotatable bonds is 11. The summed E-state index contributed by atoms with van der Waals surface area (Å²) in [7, 11) is 0. The van der Waals surface area contributed by atoms with Crippen LogP contribution in [0.1, 0.15) is 84.5 Å². The van der Waals surface area contributed by atoms with E-state index in [2.05, 4.69) is 13.8 Å². The minimum atomic E-state index is 0.750. The quantitative estimate of drug-likeness (QED) is 0.388. The minimum absolute atomic E-state index is 0.750. The molecule has 2 heteroatoms. The summed E-state index contributed by atoms with van der Waals surface area (Å²) < 4.78 is 0. The van der Waals surface area contributed by atoms with Crippen molar-refractivity contribution in [2.45, 2.75) is 84.5 Å². The second kappa shape index (κ2) is 20.7. The van der Waals surface area contributed by atoms with E-state index in [1.165, 1.54) is 44.9 Å². The predicted octanol–water partition coefficient (Wildman–Crippen LogP) is 4.70. The Kier molecular flexibility index (Phi) is 22.8. The maximum absolute atomic E-state index is 9.84. The summed E-state index contributed by atoms with van der Waals surface area (Å²) in [6, 6.07) is 0. The zero-order valence-electron chi connectivity index (χ0n) is 11.7. The molecule has 0 rings (SSSR count). The summed E-state index contributed by atoms with van der Waals surface area (Å²) in [5.74, 6) is 0. The van der Waals surface area contributed by atoms with Gasteiger partial charge in [-0.25, -0.2) is 0 Å². The van der Waals surface area contributed by atoms with E-state index < -0.39 is 0 Å². The number of hydrogen-bond donors (Lipinski definition) is 0. The lowest BCUT2D eigenvalue weighted by molar-refractivity contribution is -0.108. The minimum Gasteiger partial charge on any atom is -0.303 e. The number of unbranched alkanes of at least 4 members (excludes halogenated alkanes) is 9. The van der Waals surface area contributed by atoms with Gasteiger partial charge < -0.3 is 9.59 Å². The first-order chi connectivity index (χ1) is 8.33. The molecule has 0 fully saturated rings. The Balaban J connectivity index is 0. The summed E-state index contributed by atoms with van der Waals surface area (Å²) >= 11 is 0. The monoisotopic (exact) mass is 242 g/mol. The molecule has 0 bridgehead atoms. The molecule has 0 N–H and O–H groups in total. The lowest BCUT2D eigenvalue weighted by Gasteiger charge is -1.93. The Morgan fingerprint density at radius 3 is 1.29 bits per heavy atom. The van der Waals surface area contributed by atoms with Gasteiger partial charge in [0.2, 0.25) is 0 Å². The molecule has 0 aliphatic rings. The van der Waals surface area contributed by atoms with Crippen LogP contribution in [0.2, 0.25) is 0 Å². The van der Waals surface area contributed by atoms with Crippen LogP contribution in [-0.4, -0.2) is 12.6 Å². The Hall–Kier alpha value is -0.660. The highest BCUT2D eigenvalue weighted by molar-refractivity contribution is 5.49. The van der Waals surface area contributed by atoms with E-state index in [-0.39, 0.29) is 0 Å². The summed E-state index contributed by atoms with van der Waals surface area (Å²) in [6.45, 7) is 4.36. The van der Waals surface area contributed by atoms with Gasteiger partial charge >= 0.3 is 0 Å². The fraction of sp³-hybridized carbons (Fsp3) is 0.867. The molecular weight excluding hydrogens is 212 g/mol. The van der Waals surface area contributed by atoms with Gasteiger partial charge in [-0.05, 0) is 12.8 Å². The van der Waals surface area contributed by atoms with Crippen molar-refractivity contribution in [2.24, 2.45) is 0 Å². The highest BCUT2D eigenvalue weighted by atomic mass is 16.1. The molecule has 2 nitrogen and oxygen atoms in total. The largest absolute Gasteiger partial charge is 0.303 e. The molecular formula is C15H30O2. The van der Waals surface area contributed by atoms with Crippen molar-refractivity contribution in [1.29, 1.82) is 0 Å². The molecule has 0 saturated heterocycles. The van der Waals surface area contributed by atoms with E-state index in [0.29, 0.717) is 0 Å². The molecule has 0 saturated carbocycles. The highest BCUT2D eigenvalue weighted by Crippen LogP contribution is 2.02. The third-order valence-corrected chi connectivity index (χ3v) is 2.60. The second-order valence-corrected chi connectivity index (χ2v) is 4.39. The Morgan fingerprint density at radius 1 is 0.588 bits per heavy atom. The van der Waals surface area contributed by atoms with Crippen LogP contribution in [0.15, 0.2) is 0 Å². The lowest BCUT2D eigenvalue weighted by Crippen LogP contribution is -1.78. The average molecular weight is 242 g/mol. The molecule has 0 aromatic rings. The Bertz CT molecular complexity index is 144. The van der Waals surface area contributed by atoms with E-state index in [1.54, 1.807) is 0 Å². The first-order valence-electron chi connectivity index (χ1n) is 7.20. The van der Waals surface area contributed by atoms with E-state index in [4.69, 9.17) is 0 Å². The van der Waals surface area contributed by atoms with Crippen molar-refractivity contribution < 1.29 is 9.59 Å². The van der Waals surface area contributed by atoms with Crippen LogP contribution in [0.3, 0.4) is 0 Å². The van der Waals surface area contributed by atoms with Crippen molar-refractivity contribution in [3.05, 3.63) is 0 Å². The maximum Gasteiger partial charge on any atom is 0.119 e. The predicted molar refractivity (Wildman–Crippen MR) is 74.3 cm³/mol. The summed E-state index contributed by atoms with van der Waals surface area (Å²) in [4.78, 5) is 19.6. The normalized spacial score (nSPS) is 9.29. The molecule has 0 aromatic heterocycles. The number of aldehydes is 2. The van der Waals surface area contributed by atoms with Gasteiger partial charge in [0.05, 0.1) is 0 Å². The van der Waals surface area contributed by atoms with Crippen LogP contribution in [0.25, 0.3) is 0 Å². The fourth-order valence-electron chi connectivity index (χ4n) is 1.49. The molecule has 0 atom stereocenters. The Labute approximate surface area is 107 Å². The van der Waals surface area contributed by atoms with Crippen LogP contribution >= 0.6 is 0 Å². The van der Waals surface area contributed by atoms with Crippen LogP contribution in [0, 0.1) is 0 Å². The van der Waals surface area contributed by atoms with Gasteiger partial charge in [-0.15, -0.1) is 0 Å². The fourth-order valence-corrected chi connectivity index (χ4v) is 1.49. The van der Waals surface area contributed by atoms with Crippen molar-refractivity contribution in [3.63, 3.8) is 0 Å². The van der Waals surface area contributed by atoms with Gasteiger partial charge in [0.25, 0.3) is 0 Å². The van der Waals surface area contributed by atoms with Crippen molar-refractivity contribution in [1.82, 2.24) is 0 Å². The maximum atomic E-state index is 9.84. The molecule has 17 heavy (non-hydrogen) atoms. The van der Waals surface area contributed by atoms with Gasteiger partial charge in [-0.1, -0.05) is 58.8 Å². The molecule has 102 valence electrons. The molecule has 0 spiro atoms. The van der Waals surface area contributed by atoms with Gasteiger partial charge in [0, 0.05) is 12.8 Å². The van der Waals surface area contributed by atoms with E-state index in [0.717, 1.165) is 38.3 Å². The van der Waals surface area contributed by atoms with Gasteiger partial charge in [0.15, 0.2) is 0 Å². The van der Waals surface area contributed by atoms with E-state index in [1.807, 2.05) is 0 Å². The molecule has 0 unspecified atom stereocenters. The second-order valence-electron chi connectivity index (χ2n) is 4.39. The molecule has 0 aliphatic heterocycles. The van der Waals surface area contributed by atoms with Crippen molar-refractivity contribution in [3.8, 4) is 0 Å². The zero-order chi connectivity index (χ0) is 13.2. The first kappa shape index (κ1) is 18.7. The lowest BCUT2D eigenvalue weighted by atomic mass is 10.1. The van der Waals surface area contributed by atoms with Gasteiger partial charge in [0.1, 0.15) is 12.6 Å². The average Bonchev–Trinajstić information content (AvgIpc) is 2.36. The molecule has 0 aliphatic carbocycles. The van der Waals surface area contributed by atoms with Crippen LogP contribution in [0.4, 0.5) is 0 Å². The summed E-state index contributed by atoms with van der Waals surface area (Å²) in [5.41, 5.74) is 0. The molecule has 0 aromatic carbocycles. The van der Waals surface area contributed by atoms with E-state index in [9.17, 15) is 9.59 Å². The third kappa shape index (κ3) is 25.5. The first-order valence-corrected chi connectivity index (χ1v) is 7.20. The van der Waals surface area contributed by atoms with E-state index >= 15 is 0 Å². The number of hydrogen-bond acceptors (Lipinski definition) is 2. The standard InChI is InChI=1S/C8H16O.C7H14O/c1-2-3-4-5-6-7-8-9;1-2-3-4-5-6-7-8/h8H,2-7H2,1H3;7H,2-6H2,1H3. The topological polar surface area (TPSA) is 34.1 Å². The van der Waals surface area contributed by atoms with Gasteiger partial charge in [-0.3, -0.25) is 0 Å². The summed E-state index contributed by atoms with van der Waals surface area (Å²) in [5, 5.41) is 0. The van der Waals surface area contributed by atoms with Crippen LogP contribution < -0.4 is 0 Å². The molecule has 0 heterocycles. The van der Waals surface area contributed by atoms with Crippen LogP contribution in [0.5, 0.6) is 0 Å². The SMILES string of the molecule is CCCCCCC=O.CCCCCCCC=O. The number of carbonyl (C=O) groups excluding carboxylic acids is 2. The Morgan fingerprint density at radius 2 is 0.941 bits per heavy atom. The molecule has 0 radical (unpaired) electrons. The van der Waals surface area contributed by atoms with Gasteiger partial charge in [-0.2, -0.15) is 0 Å². The zero-order valence-corrected chi connectivity index (χ0v) is 11.7. The molecule has 0 amide bonds. The third-order valence-electron chi connectivity index (χ3n) is 2.60. The summed E-state index contributed by atoms with van der Waals surface area (Å²) in [6.07, 6.45) is 14.5. The number of carbonyl (C=O) groups is 2. The van der Waals surface area contributed by atoms with Crippen LogP contribution in [-0.2, 0) is 9.59 Å².